The lowest BCUT2D eigenvalue weighted by Crippen LogP contribution is -2.41. The largest absolute Gasteiger partial charge is 0.383 e. The third kappa shape index (κ3) is 4.82. The zero-order valence-electron chi connectivity index (χ0n) is 18.0. The van der Waals surface area contributed by atoms with E-state index in [2.05, 4.69) is 4.98 Å². The summed E-state index contributed by atoms with van der Waals surface area (Å²) >= 11 is 0. The third-order valence-corrected chi connectivity index (χ3v) is 6.09. The van der Waals surface area contributed by atoms with Crippen molar-refractivity contribution in [2.75, 3.05) is 10.6 Å². The van der Waals surface area contributed by atoms with Gasteiger partial charge in [0.15, 0.2) is 5.69 Å². The standard InChI is InChI=1S/C25H28N4O3/c26-23-22(24(31)27-25(32)29(23)17-20-13-5-2-6-14-20)28(16-19-11-3-1-4-12-19)21(30)15-18-9-7-8-10-18/h1-6,11-14,18H,7-10,15-17,26H2,(H,27,31,32). The Kier molecular flexibility index (Phi) is 6.54. The second-order valence-corrected chi connectivity index (χ2v) is 8.38. The Morgan fingerprint density at radius 3 is 2.19 bits per heavy atom. The summed E-state index contributed by atoms with van der Waals surface area (Å²) in [6, 6.07) is 18.9. The summed E-state index contributed by atoms with van der Waals surface area (Å²) in [5.74, 6) is 0.164. The van der Waals surface area contributed by atoms with Gasteiger partial charge in [0, 0.05) is 6.42 Å². The molecule has 0 atom stereocenters. The summed E-state index contributed by atoms with van der Waals surface area (Å²) in [4.78, 5) is 42.7. The number of amides is 1. The van der Waals surface area contributed by atoms with E-state index < -0.39 is 11.2 Å². The second kappa shape index (κ2) is 9.68. The van der Waals surface area contributed by atoms with Crippen LogP contribution in [0.5, 0.6) is 0 Å². The molecule has 0 unspecified atom stereocenters. The topological polar surface area (TPSA) is 101 Å². The number of nitrogens with two attached hydrogens (primary N) is 1. The number of carbonyl (C=O) groups is 1. The molecule has 1 heterocycles. The molecule has 2 aromatic carbocycles. The van der Waals surface area contributed by atoms with Crippen LogP contribution in [0.25, 0.3) is 0 Å². The van der Waals surface area contributed by atoms with E-state index in [-0.39, 0.29) is 30.5 Å². The summed E-state index contributed by atoms with van der Waals surface area (Å²) in [5, 5.41) is 0. The first-order chi connectivity index (χ1) is 15.5. The SMILES string of the molecule is Nc1c(N(Cc2ccccc2)C(=O)CC2CCCC2)c(=O)[nH]c(=O)n1Cc1ccccc1. The molecule has 1 aliphatic rings. The summed E-state index contributed by atoms with van der Waals surface area (Å²) in [6.07, 6.45) is 4.65. The van der Waals surface area contributed by atoms with E-state index in [4.69, 9.17) is 5.73 Å². The van der Waals surface area contributed by atoms with Gasteiger partial charge in [0.25, 0.3) is 5.56 Å². The fourth-order valence-corrected chi connectivity index (χ4v) is 4.39. The molecule has 0 spiro atoms. The van der Waals surface area contributed by atoms with E-state index in [1.807, 2.05) is 60.7 Å². The number of anilines is 2. The maximum atomic E-state index is 13.4. The van der Waals surface area contributed by atoms with Crippen LogP contribution >= 0.6 is 0 Å². The third-order valence-electron chi connectivity index (χ3n) is 6.09. The first kappa shape index (κ1) is 21.6. The smallest absolute Gasteiger partial charge is 0.330 e. The number of rotatable bonds is 7. The number of nitrogens with zero attached hydrogens (tertiary/aromatic N) is 2. The highest BCUT2D eigenvalue weighted by Gasteiger charge is 2.27. The minimum absolute atomic E-state index is 0.00157. The number of H-pyrrole nitrogens is 1. The fraction of sp³-hybridized carbons (Fsp3) is 0.320. The number of hydrogen-bond acceptors (Lipinski definition) is 4. The van der Waals surface area contributed by atoms with Crippen molar-refractivity contribution < 1.29 is 4.79 Å². The Morgan fingerprint density at radius 1 is 0.969 bits per heavy atom. The van der Waals surface area contributed by atoms with Crippen LogP contribution < -0.4 is 21.9 Å². The lowest BCUT2D eigenvalue weighted by Gasteiger charge is -2.26. The minimum atomic E-state index is -0.646. The Hall–Kier alpha value is -3.61. The van der Waals surface area contributed by atoms with Gasteiger partial charge in [-0.2, -0.15) is 0 Å². The maximum Gasteiger partial charge on any atom is 0.330 e. The number of aromatic amines is 1. The zero-order chi connectivity index (χ0) is 22.5. The Balaban J connectivity index is 1.75. The van der Waals surface area contributed by atoms with Crippen molar-refractivity contribution in [3.8, 4) is 0 Å². The average molecular weight is 433 g/mol. The van der Waals surface area contributed by atoms with Gasteiger partial charge in [-0.15, -0.1) is 0 Å². The van der Waals surface area contributed by atoms with E-state index in [0.29, 0.717) is 12.3 Å². The summed E-state index contributed by atoms with van der Waals surface area (Å²) in [7, 11) is 0. The molecule has 1 aromatic heterocycles. The van der Waals surface area contributed by atoms with Gasteiger partial charge in [0.1, 0.15) is 5.82 Å². The normalized spacial score (nSPS) is 13.9. The van der Waals surface area contributed by atoms with Gasteiger partial charge in [0.05, 0.1) is 13.1 Å². The highest BCUT2D eigenvalue weighted by atomic mass is 16.2. The molecule has 3 N–H and O–H groups in total. The first-order valence-corrected chi connectivity index (χ1v) is 11.0. The van der Waals surface area contributed by atoms with Crippen molar-refractivity contribution in [3.05, 3.63) is 92.6 Å². The van der Waals surface area contributed by atoms with Crippen LogP contribution in [0.1, 0.15) is 43.2 Å². The van der Waals surface area contributed by atoms with Crippen LogP contribution in [0.3, 0.4) is 0 Å². The van der Waals surface area contributed by atoms with Crippen LogP contribution in [0.2, 0.25) is 0 Å². The van der Waals surface area contributed by atoms with Gasteiger partial charge in [-0.05, 0) is 29.9 Å². The molecule has 1 amide bonds. The van der Waals surface area contributed by atoms with Gasteiger partial charge in [0.2, 0.25) is 5.91 Å². The number of nitrogens with one attached hydrogen (secondary N) is 1. The van der Waals surface area contributed by atoms with Crippen LogP contribution in [0.4, 0.5) is 11.5 Å². The van der Waals surface area contributed by atoms with Gasteiger partial charge in [-0.25, -0.2) is 4.79 Å². The van der Waals surface area contributed by atoms with Crippen LogP contribution in [0, 0.1) is 5.92 Å². The van der Waals surface area contributed by atoms with E-state index in [1.54, 1.807) is 0 Å². The molecule has 7 heteroatoms. The van der Waals surface area contributed by atoms with E-state index in [9.17, 15) is 14.4 Å². The lowest BCUT2D eigenvalue weighted by molar-refractivity contribution is -0.119. The molecular weight excluding hydrogens is 404 g/mol. The maximum absolute atomic E-state index is 13.4. The van der Waals surface area contributed by atoms with Crippen LogP contribution in [-0.2, 0) is 17.9 Å². The van der Waals surface area contributed by atoms with E-state index >= 15 is 0 Å². The fourth-order valence-electron chi connectivity index (χ4n) is 4.39. The van der Waals surface area contributed by atoms with Gasteiger partial charge in [-0.1, -0.05) is 73.5 Å². The van der Waals surface area contributed by atoms with Crippen molar-refractivity contribution in [2.45, 2.75) is 45.2 Å². The first-order valence-electron chi connectivity index (χ1n) is 11.0. The van der Waals surface area contributed by atoms with Crippen molar-refractivity contribution in [1.29, 1.82) is 0 Å². The van der Waals surface area contributed by atoms with E-state index in [0.717, 1.165) is 36.8 Å². The molecule has 1 fully saturated rings. The Labute approximate surface area is 186 Å². The molecule has 7 nitrogen and oxygen atoms in total. The Morgan fingerprint density at radius 2 is 1.56 bits per heavy atom. The molecular formula is C25H28N4O3. The molecule has 3 aromatic rings. The summed E-state index contributed by atoms with van der Waals surface area (Å²) < 4.78 is 1.31. The molecule has 0 radical (unpaired) electrons. The zero-order valence-corrected chi connectivity index (χ0v) is 18.0. The van der Waals surface area contributed by atoms with Crippen molar-refractivity contribution in [2.24, 2.45) is 5.92 Å². The Bertz CT molecular complexity index is 1180. The van der Waals surface area contributed by atoms with Crippen molar-refractivity contribution in [3.63, 3.8) is 0 Å². The lowest BCUT2D eigenvalue weighted by atomic mass is 10.0. The van der Waals surface area contributed by atoms with Gasteiger partial charge >= 0.3 is 5.69 Å². The molecule has 0 saturated heterocycles. The monoisotopic (exact) mass is 432 g/mol. The number of aromatic nitrogens is 2. The molecule has 1 aliphatic carbocycles. The van der Waals surface area contributed by atoms with Crippen LogP contribution in [0.15, 0.2) is 70.3 Å². The molecule has 0 bridgehead atoms. The molecule has 4 rings (SSSR count). The van der Waals surface area contributed by atoms with Gasteiger partial charge < -0.3 is 10.6 Å². The summed E-state index contributed by atoms with van der Waals surface area (Å²) in [6.45, 7) is 0.411. The molecule has 166 valence electrons. The molecule has 1 saturated carbocycles. The van der Waals surface area contributed by atoms with E-state index in [1.165, 1.54) is 9.47 Å². The number of carbonyl (C=O) groups excluding carboxylic acids is 1. The summed E-state index contributed by atoms with van der Waals surface area (Å²) in [5.41, 5.74) is 6.92. The van der Waals surface area contributed by atoms with Crippen molar-refractivity contribution >= 4 is 17.4 Å². The quantitative estimate of drug-likeness (QED) is 0.598. The predicted octanol–water partition coefficient (Wildman–Crippen LogP) is 3.28. The van der Waals surface area contributed by atoms with Crippen LogP contribution in [-0.4, -0.2) is 15.5 Å². The highest BCUT2D eigenvalue weighted by Crippen LogP contribution is 2.30. The second-order valence-electron chi connectivity index (χ2n) is 8.38. The average Bonchev–Trinajstić information content (AvgIpc) is 3.30. The molecule has 0 aliphatic heterocycles. The van der Waals surface area contributed by atoms with Gasteiger partial charge in [-0.3, -0.25) is 19.1 Å². The highest BCUT2D eigenvalue weighted by molar-refractivity contribution is 5.95. The number of benzene rings is 2. The molecule has 32 heavy (non-hydrogen) atoms. The predicted molar refractivity (Wildman–Crippen MR) is 125 cm³/mol. The number of nitrogen functional groups attached to an aromatic ring is 1. The number of hydrogen-bond donors (Lipinski definition) is 2. The minimum Gasteiger partial charge on any atom is -0.383 e. The van der Waals surface area contributed by atoms with Crippen molar-refractivity contribution in [1.82, 2.24) is 9.55 Å².